The van der Waals surface area contributed by atoms with Gasteiger partial charge in [-0.25, -0.2) is 0 Å². The summed E-state index contributed by atoms with van der Waals surface area (Å²) in [6.45, 7) is 5.98. The number of likely N-dealkylation sites (tertiary alicyclic amines) is 1. The first-order valence-corrected chi connectivity index (χ1v) is 6.27. The number of amides is 1. The lowest BCUT2D eigenvalue weighted by atomic mass is 9.87. The zero-order chi connectivity index (χ0) is 10.9. The van der Waals surface area contributed by atoms with Crippen LogP contribution in [0, 0.1) is 5.92 Å². The Hall–Kier alpha value is 0.160. The number of aliphatic hydroxyl groups is 1. The van der Waals surface area contributed by atoms with Gasteiger partial charge < -0.3 is 10.0 Å². The van der Waals surface area contributed by atoms with Crippen molar-refractivity contribution in [1.29, 1.82) is 0 Å². The molecule has 1 fully saturated rings. The Bertz CT molecular complexity index is 222. The Morgan fingerprint density at radius 3 is 2.57 bits per heavy atom. The molecule has 4 atom stereocenters. The van der Waals surface area contributed by atoms with Crippen LogP contribution in [0.4, 0.5) is 0 Å². The van der Waals surface area contributed by atoms with Crippen LogP contribution in [0.25, 0.3) is 0 Å². The highest BCUT2D eigenvalue weighted by Crippen LogP contribution is 2.32. The first-order chi connectivity index (χ1) is 6.49. The second-order valence-corrected chi connectivity index (χ2v) is 5.58. The minimum Gasteiger partial charge on any atom is -0.396 e. The molecule has 3 nitrogen and oxygen atoms in total. The van der Waals surface area contributed by atoms with Gasteiger partial charge >= 0.3 is 0 Å². The molecule has 14 heavy (non-hydrogen) atoms. The Labute approximate surface area is 99.0 Å². The molecule has 82 valence electrons. The van der Waals surface area contributed by atoms with E-state index in [9.17, 15) is 9.90 Å². The molecule has 1 aliphatic rings. The molecule has 1 aliphatic heterocycles. The Morgan fingerprint density at radius 1 is 1.57 bits per heavy atom. The number of carbonyl (C=O) groups is 1. The van der Waals surface area contributed by atoms with Gasteiger partial charge in [-0.1, -0.05) is 22.6 Å². The van der Waals surface area contributed by atoms with Crippen molar-refractivity contribution in [2.75, 3.05) is 6.61 Å². The Balaban J connectivity index is 2.79. The highest BCUT2D eigenvalue weighted by atomic mass is 127. The second-order valence-electron chi connectivity index (χ2n) is 4.14. The number of hydrogen-bond donors (Lipinski definition) is 1. The number of aliphatic hydroxyl groups excluding tert-OH is 1. The van der Waals surface area contributed by atoms with Crippen LogP contribution in [0.2, 0.25) is 0 Å². The molecule has 1 N–H and O–H groups in total. The summed E-state index contributed by atoms with van der Waals surface area (Å²) in [6, 6.07) is 0.486. The van der Waals surface area contributed by atoms with Gasteiger partial charge in [0, 0.05) is 29.5 Å². The standard InChI is InChI=1S/C10H18INO2/c1-6-4-9(5-13)10(11)7(2)12(6)8(3)14/h6-7,9-10,13H,4-5H2,1-3H3. The number of piperidine rings is 1. The van der Waals surface area contributed by atoms with Gasteiger partial charge in [-0.3, -0.25) is 4.79 Å². The molecule has 1 saturated heterocycles. The van der Waals surface area contributed by atoms with Crippen molar-refractivity contribution in [3.8, 4) is 0 Å². The Morgan fingerprint density at radius 2 is 2.14 bits per heavy atom. The molecular formula is C10H18INO2. The third-order valence-corrected chi connectivity index (χ3v) is 5.12. The van der Waals surface area contributed by atoms with Gasteiger partial charge in [-0.15, -0.1) is 0 Å². The number of alkyl halides is 1. The molecular weight excluding hydrogens is 293 g/mol. The Kier molecular flexibility index (Phi) is 4.18. The molecule has 0 aromatic carbocycles. The first kappa shape index (κ1) is 12.2. The zero-order valence-corrected chi connectivity index (χ0v) is 11.1. The number of nitrogens with zero attached hydrogens (tertiary/aromatic N) is 1. The summed E-state index contributed by atoms with van der Waals surface area (Å²) in [5.41, 5.74) is 0. The van der Waals surface area contributed by atoms with Crippen molar-refractivity contribution in [3.63, 3.8) is 0 Å². The van der Waals surface area contributed by atoms with Crippen molar-refractivity contribution in [2.45, 2.75) is 43.2 Å². The van der Waals surface area contributed by atoms with E-state index in [2.05, 4.69) is 36.4 Å². The molecule has 0 aromatic rings. The van der Waals surface area contributed by atoms with Crippen molar-refractivity contribution >= 4 is 28.5 Å². The third-order valence-electron chi connectivity index (χ3n) is 3.07. The van der Waals surface area contributed by atoms with Crippen molar-refractivity contribution in [2.24, 2.45) is 5.92 Å². The van der Waals surface area contributed by atoms with Crippen LogP contribution < -0.4 is 0 Å². The van der Waals surface area contributed by atoms with Crippen LogP contribution in [0.15, 0.2) is 0 Å². The minimum absolute atomic E-state index is 0.142. The number of rotatable bonds is 1. The van der Waals surface area contributed by atoms with Crippen LogP contribution in [0.1, 0.15) is 27.2 Å². The van der Waals surface area contributed by atoms with Crippen molar-refractivity contribution < 1.29 is 9.90 Å². The first-order valence-electron chi connectivity index (χ1n) is 5.02. The third kappa shape index (κ3) is 2.21. The van der Waals surface area contributed by atoms with E-state index in [1.165, 1.54) is 0 Å². The topological polar surface area (TPSA) is 40.5 Å². The fourth-order valence-electron chi connectivity index (χ4n) is 2.40. The molecule has 1 heterocycles. The molecule has 0 radical (unpaired) electrons. The maximum atomic E-state index is 11.4. The summed E-state index contributed by atoms with van der Waals surface area (Å²) in [4.78, 5) is 13.4. The van der Waals surface area contributed by atoms with E-state index in [0.29, 0.717) is 9.84 Å². The van der Waals surface area contributed by atoms with E-state index < -0.39 is 0 Å². The van der Waals surface area contributed by atoms with Gasteiger partial charge in [-0.2, -0.15) is 0 Å². The molecule has 4 heteroatoms. The average molecular weight is 311 g/mol. The van der Waals surface area contributed by atoms with E-state index >= 15 is 0 Å². The largest absolute Gasteiger partial charge is 0.396 e. The van der Waals surface area contributed by atoms with Crippen LogP contribution in [-0.2, 0) is 4.79 Å². The fourth-order valence-corrected chi connectivity index (χ4v) is 3.27. The average Bonchev–Trinajstić information content (AvgIpc) is 2.10. The molecule has 0 aromatic heterocycles. The van der Waals surface area contributed by atoms with Gasteiger partial charge in [0.05, 0.1) is 0 Å². The summed E-state index contributed by atoms with van der Waals surface area (Å²) in [6.07, 6.45) is 0.911. The lowest BCUT2D eigenvalue weighted by Gasteiger charge is -2.45. The molecule has 1 amide bonds. The van der Waals surface area contributed by atoms with E-state index in [1.54, 1.807) is 6.92 Å². The summed E-state index contributed by atoms with van der Waals surface area (Å²) < 4.78 is 0.359. The monoisotopic (exact) mass is 311 g/mol. The predicted octanol–water partition coefficient (Wildman–Crippen LogP) is 1.43. The quantitative estimate of drug-likeness (QED) is 0.588. The van der Waals surface area contributed by atoms with Gasteiger partial charge in [0.2, 0.25) is 5.91 Å². The highest BCUT2D eigenvalue weighted by molar-refractivity contribution is 14.1. The van der Waals surface area contributed by atoms with Crippen LogP contribution in [0.3, 0.4) is 0 Å². The number of halogens is 1. The summed E-state index contributed by atoms with van der Waals surface area (Å²) in [5, 5.41) is 9.21. The van der Waals surface area contributed by atoms with E-state index in [-0.39, 0.29) is 24.6 Å². The maximum absolute atomic E-state index is 11.4. The summed E-state index contributed by atoms with van der Waals surface area (Å²) in [5.74, 6) is 0.472. The summed E-state index contributed by atoms with van der Waals surface area (Å²) >= 11 is 2.35. The SMILES string of the molecule is CC(=O)N1C(C)CC(CO)C(I)C1C. The molecule has 4 unspecified atom stereocenters. The van der Waals surface area contributed by atoms with Crippen molar-refractivity contribution in [1.82, 2.24) is 4.90 Å². The molecule has 1 rings (SSSR count). The van der Waals surface area contributed by atoms with Crippen LogP contribution in [-0.4, -0.2) is 38.5 Å². The molecule has 0 saturated carbocycles. The number of carbonyl (C=O) groups excluding carboxylic acids is 1. The normalized spacial score (nSPS) is 38.5. The van der Waals surface area contributed by atoms with Gasteiger partial charge in [0.1, 0.15) is 0 Å². The van der Waals surface area contributed by atoms with E-state index in [4.69, 9.17) is 0 Å². The lowest BCUT2D eigenvalue weighted by Crippen LogP contribution is -2.55. The van der Waals surface area contributed by atoms with Crippen molar-refractivity contribution in [3.05, 3.63) is 0 Å². The van der Waals surface area contributed by atoms with E-state index in [0.717, 1.165) is 6.42 Å². The molecule has 0 aliphatic carbocycles. The minimum atomic E-state index is 0.142. The van der Waals surface area contributed by atoms with Crippen LogP contribution >= 0.6 is 22.6 Å². The fraction of sp³-hybridized carbons (Fsp3) is 0.900. The van der Waals surface area contributed by atoms with Crippen LogP contribution in [0.5, 0.6) is 0 Å². The zero-order valence-electron chi connectivity index (χ0n) is 8.90. The lowest BCUT2D eigenvalue weighted by molar-refractivity contribution is -0.135. The number of hydrogen-bond acceptors (Lipinski definition) is 2. The second kappa shape index (κ2) is 4.79. The van der Waals surface area contributed by atoms with Gasteiger partial charge in [0.25, 0.3) is 0 Å². The predicted molar refractivity (Wildman–Crippen MR) is 64.4 cm³/mol. The highest BCUT2D eigenvalue weighted by Gasteiger charge is 2.38. The summed E-state index contributed by atoms with van der Waals surface area (Å²) in [7, 11) is 0. The van der Waals surface area contributed by atoms with E-state index in [1.807, 2.05) is 4.90 Å². The van der Waals surface area contributed by atoms with Gasteiger partial charge in [0.15, 0.2) is 0 Å². The van der Waals surface area contributed by atoms with Gasteiger partial charge in [-0.05, 0) is 26.2 Å². The molecule has 0 bridgehead atoms. The molecule has 0 spiro atoms. The maximum Gasteiger partial charge on any atom is 0.219 e. The smallest absolute Gasteiger partial charge is 0.219 e.